The quantitative estimate of drug-likeness (QED) is 0.607. The summed E-state index contributed by atoms with van der Waals surface area (Å²) in [5.41, 5.74) is 0.792. The Labute approximate surface area is 125 Å². The highest BCUT2D eigenvalue weighted by Crippen LogP contribution is 2.29. The van der Waals surface area contributed by atoms with Crippen LogP contribution in [0.2, 0.25) is 0 Å². The molecule has 0 aromatic carbocycles. The number of nitrogens with zero attached hydrogens (tertiary/aromatic N) is 2. The van der Waals surface area contributed by atoms with Crippen molar-refractivity contribution < 1.29 is 4.79 Å². The van der Waals surface area contributed by atoms with Crippen LogP contribution in [0.1, 0.15) is 33.6 Å². The molecule has 0 radical (unpaired) electrons. The molecule has 19 heavy (non-hydrogen) atoms. The van der Waals surface area contributed by atoms with Crippen LogP contribution in [0.15, 0.2) is 28.9 Å². The molecule has 0 unspecified atom stereocenters. The summed E-state index contributed by atoms with van der Waals surface area (Å²) in [6, 6.07) is 3.78. The fourth-order valence-corrected chi connectivity index (χ4v) is 3.59. The van der Waals surface area contributed by atoms with Gasteiger partial charge >= 0.3 is 0 Å². The second-order valence-corrected chi connectivity index (χ2v) is 6.23. The minimum Gasteiger partial charge on any atom is -0.288 e. The van der Waals surface area contributed by atoms with E-state index in [0.29, 0.717) is 0 Å². The van der Waals surface area contributed by atoms with E-state index < -0.39 is 0 Å². The van der Waals surface area contributed by atoms with Crippen molar-refractivity contribution >= 4 is 39.1 Å². The Kier molecular flexibility index (Phi) is 4.71. The molecule has 2 aromatic rings. The zero-order valence-corrected chi connectivity index (χ0v) is 13.3. The lowest BCUT2D eigenvalue weighted by Crippen LogP contribution is -1.90. The number of carbonyl (C=O) groups excluding carboxylic acids is 1. The van der Waals surface area contributed by atoms with Crippen molar-refractivity contribution in [1.82, 2.24) is 9.78 Å². The number of allylic oxidation sites excluding steroid dienone is 1. The average molecular weight is 339 g/mol. The van der Waals surface area contributed by atoms with Gasteiger partial charge in [-0.1, -0.05) is 13.3 Å². The summed E-state index contributed by atoms with van der Waals surface area (Å²) in [7, 11) is 1.85. The molecule has 5 heteroatoms. The lowest BCUT2D eigenvalue weighted by atomic mass is 10.2. The van der Waals surface area contributed by atoms with Crippen LogP contribution in [0, 0.1) is 0 Å². The van der Waals surface area contributed by atoms with Crippen LogP contribution in [0.5, 0.6) is 0 Å². The van der Waals surface area contributed by atoms with Crippen LogP contribution >= 0.6 is 27.3 Å². The molecule has 0 aliphatic rings. The molecule has 2 rings (SSSR count). The largest absolute Gasteiger partial charge is 0.288 e. The third-order valence-electron chi connectivity index (χ3n) is 2.62. The normalized spacial score (nSPS) is 11.3. The molecule has 2 heterocycles. The number of ketones is 1. The van der Waals surface area contributed by atoms with Crippen LogP contribution in [0.4, 0.5) is 0 Å². The van der Waals surface area contributed by atoms with Gasteiger partial charge in [-0.05, 0) is 46.6 Å². The molecule has 100 valence electrons. The summed E-state index contributed by atoms with van der Waals surface area (Å²) in [4.78, 5) is 14.1. The van der Waals surface area contributed by atoms with Gasteiger partial charge in [-0.3, -0.25) is 9.48 Å². The average Bonchev–Trinajstić information content (AvgIpc) is 2.94. The fourth-order valence-electron chi connectivity index (χ4n) is 1.69. The Bertz CT molecular complexity index is 613. The van der Waals surface area contributed by atoms with E-state index in [2.05, 4.69) is 28.0 Å². The van der Waals surface area contributed by atoms with Gasteiger partial charge in [-0.15, -0.1) is 11.3 Å². The Balaban J connectivity index is 2.11. The van der Waals surface area contributed by atoms with E-state index in [0.717, 1.165) is 27.9 Å². The summed E-state index contributed by atoms with van der Waals surface area (Å²) >= 11 is 5.06. The minimum absolute atomic E-state index is 0.0266. The highest BCUT2D eigenvalue weighted by Gasteiger charge is 2.10. The first kappa shape index (κ1) is 14.2. The molecule has 0 saturated carbocycles. The van der Waals surface area contributed by atoms with E-state index >= 15 is 0 Å². The predicted molar refractivity (Wildman–Crippen MR) is 82.6 cm³/mol. The highest BCUT2D eigenvalue weighted by atomic mass is 79.9. The molecule has 2 aromatic heterocycles. The second-order valence-electron chi connectivity index (χ2n) is 4.24. The Morgan fingerprint density at radius 3 is 3.00 bits per heavy atom. The molecule has 0 aliphatic carbocycles. The van der Waals surface area contributed by atoms with E-state index in [4.69, 9.17) is 0 Å². The number of aromatic nitrogens is 2. The first-order valence-corrected chi connectivity index (χ1v) is 7.71. The van der Waals surface area contributed by atoms with Crippen molar-refractivity contribution in [3.63, 3.8) is 0 Å². The summed E-state index contributed by atoms with van der Waals surface area (Å²) in [6.07, 6.45) is 7.26. The maximum absolute atomic E-state index is 12.1. The Hall–Kier alpha value is -1.20. The van der Waals surface area contributed by atoms with Gasteiger partial charge < -0.3 is 0 Å². The van der Waals surface area contributed by atoms with E-state index in [1.54, 1.807) is 28.2 Å². The second kappa shape index (κ2) is 6.30. The molecule has 0 aliphatic heterocycles. The minimum atomic E-state index is 0.0266. The molecular formula is C14H15BrN2OS. The van der Waals surface area contributed by atoms with E-state index in [1.165, 1.54) is 4.88 Å². The van der Waals surface area contributed by atoms with E-state index in [1.807, 2.05) is 25.4 Å². The number of rotatable bonds is 5. The van der Waals surface area contributed by atoms with Crippen LogP contribution in [0.25, 0.3) is 6.08 Å². The van der Waals surface area contributed by atoms with Gasteiger partial charge in [-0.2, -0.15) is 5.10 Å². The number of carbonyl (C=O) groups is 1. The zero-order chi connectivity index (χ0) is 13.8. The molecular weight excluding hydrogens is 324 g/mol. The first-order chi connectivity index (χ1) is 9.10. The van der Waals surface area contributed by atoms with Gasteiger partial charge in [0.25, 0.3) is 0 Å². The smallest absolute Gasteiger partial charge is 0.195 e. The standard InChI is InChI=1S/C14H15BrN2OS/c1-3-4-13-11(15)9-14(19-13)12(18)6-5-10-7-8-17(2)16-10/h5-9H,3-4H2,1-2H3/b6-5+. The lowest BCUT2D eigenvalue weighted by molar-refractivity contribution is 0.105. The number of halogens is 1. The maximum atomic E-state index is 12.1. The van der Waals surface area contributed by atoms with Crippen LogP contribution < -0.4 is 0 Å². The molecule has 3 nitrogen and oxygen atoms in total. The monoisotopic (exact) mass is 338 g/mol. The molecule has 0 spiro atoms. The number of hydrogen-bond acceptors (Lipinski definition) is 3. The SMILES string of the molecule is CCCc1sc(C(=O)/C=C/c2ccn(C)n2)cc1Br. The van der Waals surface area contributed by atoms with E-state index in [-0.39, 0.29) is 5.78 Å². The van der Waals surface area contributed by atoms with Gasteiger partial charge in [-0.25, -0.2) is 0 Å². The third kappa shape index (κ3) is 3.64. The summed E-state index contributed by atoms with van der Waals surface area (Å²) < 4.78 is 2.75. The highest BCUT2D eigenvalue weighted by molar-refractivity contribution is 9.10. The number of thiophene rings is 1. The predicted octanol–water partition coefficient (Wildman–Crippen LogP) is 4.09. The molecule has 0 fully saturated rings. The lowest BCUT2D eigenvalue weighted by Gasteiger charge is -1.91. The van der Waals surface area contributed by atoms with Gasteiger partial charge in [0, 0.05) is 22.6 Å². The van der Waals surface area contributed by atoms with Gasteiger partial charge in [0.1, 0.15) is 0 Å². The van der Waals surface area contributed by atoms with Crippen LogP contribution in [-0.4, -0.2) is 15.6 Å². The van der Waals surface area contributed by atoms with Crippen molar-refractivity contribution in [2.45, 2.75) is 19.8 Å². The summed E-state index contributed by atoms with van der Waals surface area (Å²) in [5, 5.41) is 4.20. The topological polar surface area (TPSA) is 34.9 Å². The molecule has 0 amide bonds. The van der Waals surface area contributed by atoms with Crippen molar-refractivity contribution in [2.75, 3.05) is 0 Å². The van der Waals surface area contributed by atoms with Gasteiger partial charge in [0.15, 0.2) is 5.78 Å². The van der Waals surface area contributed by atoms with E-state index in [9.17, 15) is 4.79 Å². The van der Waals surface area contributed by atoms with Crippen molar-refractivity contribution in [3.8, 4) is 0 Å². The van der Waals surface area contributed by atoms with Crippen molar-refractivity contribution in [3.05, 3.63) is 44.3 Å². The van der Waals surface area contributed by atoms with Gasteiger partial charge in [0.05, 0.1) is 10.6 Å². The molecule has 0 N–H and O–H groups in total. The number of aryl methyl sites for hydroxylation is 2. The van der Waals surface area contributed by atoms with Crippen molar-refractivity contribution in [1.29, 1.82) is 0 Å². The Morgan fingerprint density at radius 1 is 1.58 bits per heavy atom. The zero-order valence-electron chi connectivity index (χ0n) is 10.9. The summed E-state index contributed by atoms with van der Waals surface area (Å²) in [6.45, 7) is 2.13. The van der Waals surface area contributed by atoms with Crippen molar-refractivity contribution in [2.24, 2.45) is 7.05 Å². The third-order valence-corrected chi connectivity index (χ3v) is 4.80. The molecule has 0 bridgehead atoms. The maximum Gasteiger partial charge on any atom is 0.195 e. The summed E-state index contributed by atoms with van der Waals surface area (Å²) in [5.74, 6) is 0.0266. The molecule has 0 saturated heterocycles. The Morgan fingerprint density at radius 2 is 2.37 bits per heavy atom. The van der Waals surface area contributed by atoms with Gasteiger partial charge in [0.2, 0.25) is 0 Å². The molecule has 0 atom stereocenters. The first-order valence-electron chi connectivity index (χ1n) is 6.10. The number of hydrogen-bond donors (Lipinski definition) is 0. The fraction of sp³-hybridized carbons (Fsp3) is 0.286. The van der Waals surface area contributed by atoms with Crippen LogP contribution in [-0.2, 0) is 13.5 Å². The van der Waals surface area contributed by atoms with Crippen LogP contribution in [0.3, 0.4) is 0 Å².